The molecule has 6 fully saturated rings. The molecule has 1 N–H and O–H groups in total. The van der Waals surface area contributed by atoms with Crippen LogP contribution in [0.4, 0.5) is 0 Å². The number of carbonyl (C=O) groups is 3. The molecule has 6 aliphatic rings. The van der Waals surface area contributed by atoms with Crippen LogP contribution < -0.4 is 0 Å². The fourth-order valence-electron chi connectivity index (χ4n) is 10.7. The summed E-state index contributed by atoms with van der Waals surface area (Å²) in [6, 6.07) is 0. The van der Waals surface area contributed by atoms with Gasteiger partial charge in [-0.3, -0.25) is 4.79 Å². The first-order valence-electron chi connectivity index (χ1n) is 16.8. The first kappa shape index (κ1) is 31.5. The summed E-state index contributed by atoms with van der Waals surface area (Å²) >= 11 is 0. The van der Waals surface area contributed by atoms with Crippen molar-refractivity contribution in [3.05, 3.63) is 24.3 Å². The summed E-state index contributed by atoms with van der Waals surface area (Å²) in [6.45, 7) is 16.8. The number of rotatable bonds is 6. The Balaban J connectivity index is 0.000000168. The van der Waals surface area contributed by atoms with E-state index in [0.29, 0.717) is 59.4 Å². The highest BCUT2D eigenvalue weighted by Gasteiger charge is 2.54. The molecular formula is C36H54O6. The molecule has 6 rings (SSSR count). The lowest BCUT2D eigenvalue weighted by molar-refractivity contribution is -0.140. The summed E-state index contributed by atoms with van der Waals surface area (Å²) in [4.78, 5) is 35.1. The predicted molar refractivity (Wildman–Crippen MR) is 162 cm³/mol. The van der Waals surface area contributed by atoms with Crippen LogP contribution in [0.25, 0.3) is 0 Å². The van der Waals surface area contributed by atoms with Gasteiger partial charge in [0.1, 0.15) is 18.0 Å². The number of hydrogen-bond acceptors (Lipinski definition) is 6. The van der Waals surface area contributed by atoms with Crippen molar-refractivity contribution in [1.29, 1.82) is 0 Å². The van der Waals surface area contributed by atoms with Crippen LogP contribution in [-0.4, -0.2) is 41.1 Å². The molecule has 4 saturated carbocycles. The van der Waals surface area contributed by atoms with Crippen LogP contribution >= 0.6 is 0 Å². The molecule has 234 valence electrons. The lowest BCUT2D eigenvalue weighted by Crippen LogP contribution is -2.41. The Labute approximate surface area is 253 Å². The lowest BCUT2D eigenvalue weighted by atomic mass is 9.61. The Morgan fingerprint density at radius 1 is 0.786 bits per heavy atom. The van der Waals surface area contributed by atoms with Crippen molar-refractivity contribution in [3.63, 3.8) is 0 Å². The van der Waals surface area contributed by atoms with E-state index in [1.807, 2.05) is 0 Å². The quantitative estimate of drug-likeness (QED) is 0.265. The molecule has 6 nitrogen and oxygen atoms in total. The van der Waals surface area contributed by atoms with Gasteiger partial charge in [0.2, 0.25) is 0 Å². The van der Waals surface area contributed by atoms with Crippen molar-refractivity contribution >= 4 is 17.7 Å². The number of ether oxygens (including phenoxy) is 2. The highest BCUT2D eigenvalue weighted by Crippen LogP contribution is 2.59. The number of ketones is 1. The van der Waals surface area contributed by atoms with Gasteiger partial charge in [0.05, 0.1) is 6.10 Å². The number of hydrogen-bond donors (Lipinski definition) is 1. The van der Waals surface area contributed by atoms with Gasteiger partial charge in [-0.2, -0.15) is 0 Å². The maximum absolute atomic E-state index is 12.2. The monoisotopic (exact) mass is 582 g/mol. The van der Waals surface area contributed by atoms with E-state index in [1.165, 1.54) is 19.3 Å². The van der Waals surface area contributed by atoms with Gasteiger partial charge in [-0.25, -0.2) is 9.59 Å². The summed E-state index contributed by atoms with van der Waals surface area (Å²) in [7, 11) is 0. The van der Waals surface area contributed by atoms with E-state index in [0.717, 1.165) is 57.8 Å². The van der Waals surface area contributed by atoms with Crippen molar-refractivity contribution in [2.24, 2.45) is 46.3 Å². The zero-order chi connectivity index (χ0) is 30.4. The summed E-state index contributed by atoms with van der Waals surface area (Å²) in [6.07, 6.45) is 14.1. The first-order chi connectivity index (χ1) is 19.8. The largest absolute Gasteiger partial charge is 0.459 e. The zero-order valence-corrected chi connectivity index (χ0v) is 26.5. The third kappa shape index (κ3) is 5.90. The van der Waals surface area contributed by atoms with E-state index in [2.05, 4.69) is 40.9 Å². The summed E-state index contributed by atoms with van der Waals surface area (Å²) in [5, 5.41) is 10.3. The molecule has 0 spiro atoms. The third-order valence-electron chi connectivity index (χ3n) is 12.8. The van der Waals surface area contributed by atoms with Gasteiger partial charge in [0.15, 0.2) is 0 Å². The highest BCUT2D eigenvalue weighted by molar-refractivity contribution is 5.90. The Kier molecular flexibility index (Phi) is 9.15. The molecule has 0 aromatic rings. The van der Waals surface area contributed by atoms with Crippen LogP contribution in [0.2, 0.25) is 0 Å². The Hall–Kier alpha value is -1.95. The number of esters is 2. The fourth-order valence-corrected chi connectivity index (χ4v) is 10.7. The Morgan fingerprint density at radius 3 is 1.86 bits per heavy atom. The van der Waals surface area contributed by atoms with Gasteiger partial charge < -0.3 is 14.6 Å². The minimum atomic E-state index is -0.226. The number of Topliss-reactive ketones (excluding diaryl/α,β-unsaturated/α-hetero) is 1. The third-order valence-corrected chi connectivity index (χ3v) is 12.8. The molecule has 11 atom stereocenters. The molecular weight excluding hydrogens is 528 g/mol. The van der Waals surface area contributed by atoms with E-state index in [4.69, 9.17) is 9.47 Å². The second kappa shape index (κ2) is 12.2. The van der Waals surface area contributed by atoms with E-state index < -0.39 is 0 Å². The normalized spacial score (nSPS) is 42.8. The number of aliphatic hydroxyl groups excluding tert-OH is 1. The van der Waals surface area contributed by atoms with Crippen LogP contribution in [0.3, 0.4) is 0 Å². The zero-order valence-electron chi connectivity index (χ0n) is 26.5. The van der Waals surface area contributed by atoms with Crippen molar-refractivity contribution in [2.45, 2.75) is 136 Å². The molecule has 0 bridgehead atoms. The second-order valence-corrected chi connectivity index (χ2v) is 15.4. The minimum Gasteiger partial charge on any atom is -0.459 e. The summed E-state index contributed by atoms with van der Waals surface area (Å²) in [5.74, 6) is 3.05. The molecule has 0 amide bonds. The van der Waals surface area contributed by atoms with Crippen LogP contribution in [0.5, 0.6) is 0 Å². The molecule has 0 aromatic carbocycles. The number of carbonyl (C=O) groups excluding carboxylic acids is 3. The van der Waals surface area contributed by atoms with E-state index in [9.17, 15) is 19.5 Å². The van der Waals surface area contributed by atoms with Crippen molar-refractivity contribution in [3.8, 4) is 0 Å². The minimum absolute atomic E-state index is 0.00180. The molecule has 42 heavy (non-hydrogen) atoms. The summed E-state index contributed by atoms with van der Waals surface area (Å²) in [5.41, 5.74) is 1.68. The Morgan fingerprint density at radius 2 is 1.31 bits per heavy atom. The van der Waals surface area contributed by atoms with Gasteiger partial charge in [-0.15, -0.1) is 0 Å². The molecule has 0 radical (unpaired) electrons. The maximum Gasteiger partial charge on any atom is 0.333 e. The number of fused-ring (bicyclic) bond motifs is 2. The average Bonchev–Trinajstić information content (AvgIpc) is 3.64. The fraction of sp³-hybridized carbons (Fsp3) is 0.806. The topological polar surface area (TPSA) is 89.9 Å². The van der Waals surface area contributed by atoms with E-state index in [1.54, 1.807) is 0 Å². The van der Waals surface area contributed by atoms with Gasteiger partial charge in [-0.1, -0.05) is 47.3 Å². The van der Waals surface area contributed by atoms with Crippen LogP contribution in [0.1, 0.15) is 118 Å². The van der Waals surface area contributed by atoms with Gasteiger partial charge in [0, 0.05) is 36.3 Å². The lowest BCUT2D eigenvalue weighted by Gasteiger charge is -2.45. The molecule has 6 heteroatoms. The van der Waals surface area contributed by atoms with Crippen LogP contribution in [0, 0.1) is 46.3 Å². The number of cyclic esters (lactones) is 2. The summed E-state index contributed by atoms with van der Waals surface area (Å²) < 4.78 is 10.8. The second-order valence-electron chi connectivity index (χ2n) is 15.4. The van der Waals surface area contributed by atoms with Gasteiger partial charge >= 0.3 is 11.9 Å². The smallest absolute Gasteiger partial charge is 0.333 e. The molecule has 2 saturated heterocycles. The molecule has 0 unspecified atom stereocenters. The predicted octanol–water partition coefficient (Wildman–Crippen LogP) is 7.13. The molecule has 4 aliphatic carbocycles. The van der Waals surface area contributed by atoms with Crippen molar-refractivity contribution in [2.75, 3.05) is 0 Å². The van der Waals surface area contributed by atoms with E-state index >= 15 is 0 Å². The molecule has 2 heterocycles. The van der Waals surface area contributed by atoms with Crippen molar-refractivity contribution < 1.29 is 29.0 Å². The van der Waals surface area contributed by atoms with Gasteiger partial charge in [0.25, 0.3) is 0 Å². The van der Waals surface area contributed by atoms with E-state index in [-0.39, 0.29) is 47.0 Å². The molecule has 2 aliphatic heterocycles. The molecule has 0 aromatic heterocycles. The SMILES string of the molecule is C=C1C[C@@H](C[C@@H](C)[C@H]2CC[C@H]3C(=O)CCC[C@]23C)OC1=O.C=C1C[C@@H](C[C@@H](C)[C@H]2CC[C@H]3[C@@H](O)CCC[C@]23C)OC1=O. The van der Waals surface area contributed by atoms with Crippen molar-refractivity contribution in [1.82, 2.24) is 0 Å². The Bertz CT molecular complexity index is 1060. The first-order valence-corrected chi connectivity index (χ1v) is 16.8. The average molecular weight is 583 g/mol. The van der Waals surface area contributed by atoms with Gasteiger partial charge in [-0.05, 0) is 105 Å². The number of aliphatic hydroxyl groups is 1. The standard InChI is InChI=1S/C18H28O3.C18H26O3/c2*1-11(9-13-10-12(2)17(20)21-13)14-6-7-15-16(19)5-4-8-18(14,15)3/h11,13-16,19H,2,4-10H2,1,3H3;11,13-15H,2,4-10H2,1,3H3/t11-,13-,14-,15+,16+,18-;11-,13-,14-,15+,18-/m11/s1. The maximum atomic E-state index is 12.2. The van der Waals surface area contributed by atoms with Crippen LogP contribution in [0.15, 0.2) is 24.3 Å². The highest BCUT2D eigenvalue weighted by atomic mass is 16.6. The van der Waals surface area contributed by atoms with Crippen LogP contribution in [-0.2, 0) is 23.9 Å².